The molecular formula is C31H33NO2. The third-order valence-electron chi connectivity index (χ3n) is 6.16. The molecule has 0 aliphatic rings. The van der Waals surface area contributed by atoms with Crippen molar-refractivity contribution in [1.82, 2.24) is 5.32 Å². The third-order valence-corrected chi connectivity index (χ3v) is 6.16. The average Bonchev–Trinajstić information content (AvgIpc) is 2.91. The summed E-state index contributed by atoms with van der Waals surface area (Å²) in [4.78, 5) is 0. The molecule has 1 atom stereocenters. The molecular weight excluding hydrogens is 418 g/mol. The van der Waals surface area contributed by atoms with Crippen molar-refractivity contribution < 1.29 is 9.47 Å². The van der Waals surface area contributed by atoms with Gasteiger partial charge in [-0.1, -0.05) is 103 Å². The predicted octanol–water partition coefficient (Wildman–Crippen LogP) is 6.22. The fourth-order valence-electron chi connectivity index (χ4n) is 4.33. The van der Waals surface area contributed by atoms with E-state index in [1.807, 2.05) is 30.3 Å². The van der Waals surface area contributed by atoms with Crippen LogP contribution >= 0.6 is 0 Å². The van der Waals surface area contributed by atoms with Crippen LogP contribution < -0.4 is 10.1 Å². The molecule has 34 heavy (non-hydrogen) atoms. The summed E-state index contributed by atoms with van der Waals surface area (Å²) in [5.41, 5.74) is 3.97. The van der Waals surface area contributed by atoms with Gasteiger partial charge in [0.25, 0.3) is 0 Å². The number of hydrogen-bond acceptors (Lipinski definition) is 3. The van der Waals surface area contributed by atoms with Gasteiger partial charge in [-0.2, -0.15) is 0 Å². The van der Waals surface area contributed by atoms with Crippen LogP contribution in [0, 0.1) is 0 Å². The number of rotatable bonds is 11. The van der Waals surface area contributed by atoms with Crippen LogP contribution in [0.25, 0.3) is 0 Å². The largest absolute Gasteiger partial charge is 0.497 e. The monoisotopic (exact) mass is 451 g/mol. The van der Waals surface area contributed by atoms with E-state index in [1.165, 1.54) is 5.56 Å². The second-order valence-electron chi connectivity index (χ2n) is 8.54. The molecule has 3 heteroatoms. The van der Waals surface area contributed by atoms with Crippen molar-refractivity contribution in [3.8, 4) is 5.75 Å². The van der Waals surface area contributed by atoms with Gasteiger partial charge in [-0.15, -0.1) is 0 Å². The quantitative estimate of drug-likeness (QED) is 0.274. The highest BCUT2D eigenvalue weighted by atomic mass is 16.5. The van der Waals surface area contributed by atoms with E-state index in [-0.39, 0.29) is 6.04 Å². The number of nitrogens with one attached hydrogen (secondary N) is 1. The Morgan fingerprint density at radius 3 is 1.59 bits per heavy atom. The average molecular weight is 452 g/mol. The smallest absolute Gasteiger partial charge is 0.143 e. The fraction of sp³-hybridized carbons (Fsp3) is 0.226. The van der Waals surface area contributed by atoms with Crippen LogP contribution in [0.15, 0.2) is 115 Å². The molecule has 0 amide bonds. The lowest BCUT2D eigenvalue weighted by molar-refractivity contribution is 0.00257. The SMILES string of the molecule is COc1ccc(CCN[C@@H](C)COC(c2ccccc2)(c2ccccc2)c2ccccc2)cc1. The summed E-state index contributed by atoms with van der Waals surface area (Å²) in [5.74, 6) is 0.887. The van der Waals surface area contributed by atoms with Crippen LogP contribution in [0.3, 0.4) is 0 Å². The van der Waals surface area contributed by atoms with Crippen LogP contribution in [-0.2, 0) is 16.8 Å². The van der Waals surface area contributed by atoms with Gasteiger partial charge in [0.15, 0.2) is 0 Å². The van der Waals surface area contributed by atoms with Crippen molar-refractivity contribution >= 4 is 0 Å². The molecule has 4 aromatic rings. The van der Waals surface area contributed by atoms with Crippen molar-refractivity contribution in [3.63, 3.8) is 0 Å². The maximum absolute atomic E-state index is 6.90. The lowest BCUT2D eigenvalue weighted by atomic mass is 9.80. The van der Waals surface area contributed by atoms with Gasteiger partial charge in [-0.05, 0) is 54.3 Å². The molecule has 0 saturated heterocycles. The maximum atomic E-state index is 6.90. The Morgan fingerprint density at radius 2 is 1.15 bits per heavy atom. The van der Waals surface area contributed by atoms with E-state index in [0.717, 1.165) is 35.4 Å². The van der Waals surface area contributed by atoms with Crippen LogP contribution in [0.4, 0.5) is 0 Å². The zero-order valence-corrected chi connectivity index (χ0v) is 20.0. The van der Waals surface area contributed by atoms with Crippen molar-refractivity contribution in [1.29, 1.82) is 0 Å². The van der Waals surface area contributed by atoms with E-state index in [1.54, 1.807) is 7.11 Å². The lowest BCUT2D eigenvalue weighted by Crippen LogP contribution is -2.39. The van der Waals surface area contributed by atoms with Crippen molar-refractivity contribution in [3.05, 3.63) is 138 Å². The van der Waals surface area contributed by atoms with Crippen molar-refractivity contribution in [2.24, 2.45) is 0 Å². The Hall–Kier alpha value is -3.40. The van der Waals surface area contributed by atoms with Crippen LogP contribution in [0.1, 0.15) is 29.2 Å². The Kier molecular flexibility index (Phi) is 8.13. The summed E-state index contributed by atoms with van der Waals surface area (Å²) in [6.07, 6.45) is 0.954. The minimum Gasteiger partial charge on any atom is -0.497 e. The molecule has 1 N–H and O–H groups in total. The third kappa shape index (κ3) is 5.56. The number of hydrogen-bond donors (Lipinski definition) is 1. The summed E-state index contributed by atoms with van der Waals surface area (Å²) in [6, 6.07) is 40.0. The standard InChI is InChI=1S/C31H33NO2/c1-25(32-23-22-26-18-20-30(33-2)21-19-26)24-34-31(27-12-6-3-7-13-27,28-14-8-4-9-15-28)29-16-10-5-11-17-29/h3-21,25,32H,22-24H2,1-2H3/t25-/m0/s1. The molecule has 0 aromatic heterocycles. The normalized spacial score (nSPS) is 12.3. The first-order valence-corrected chi connectivity index (χ1v) is 11.9. The summed E-state index contributed by atoms with van der Waals surface area (Å²) >= 11 is 0. The number of benzene rings is 4. The highest BCUT2D eigenvalue weighted by molar-refractivity contribution is 5.47. The van der Waals surface area contributed by atoms with Gasteiger partial charge in [-0.3, -0.25) is 0 Å². The molecule has 0 aliphatic carbocycles. The van der Waals surface area contributed by atoms with Crippen LogP contribution in [0.5, 0.6) is 5.75 Å². The van der Waals surface area contributed by atoms with E-state index in [4.69, 9.17) is 9.47 Å². The van der Waals surface area contributed by atoms with E-state index in [0.29, 0.717) is 6.61 Å². The summed E-state index contributed by atoms with van der Waals surface area (Å²) < 4.78 is 12.2. The van der Waals surface area contributed by atoms with Gasteiger partial charge in [0.2, 0.25) is 0 Å². The van der Waals surface area contributed by atoms with Crippen LogP contribution in [0.2, 0.25) is 0 Å². The van der Waals surface area contributed by atoms with E-state index in [9.17, 15) is 0 Å². The van der Waals surface area contributed by atoms with Crippen molar-refractivity contribution in [2.45, 2.75) is 25.0 Å². The van der Waals surface area contributed by atoms with Gasteiger partial charge < -0.3 is 14.8 Å². The Balaban J connectivity index is 1.53. The second kappa shape index (κ2) is 11.6. The molecule has 0 heterocycles. The van der Waals surface area contributed by atoms with Crippen molar-refractivity contribution in [2.75, 3.05) is 20.3 Å². The first-order chi connectivity index (χ1) is 16.7. The zero-order valence-electron chi connectivity index (χ0n) is 20.0. The summed E-state index contributed by atoms with van der Waals surface area (Å²) in [5, 5.41) is 3.63. The number of methoxy groups -OCH3 is 1. The van der Waals surface area contributed by atoms with Crippen LogP contribution in [-0.4, -0.2) is 26.3 Å². The topological polar surface area (TPSA) is 30.5 Å². The Labute approximate surface area is 203 Å². The second-order valence-corrected chi connectivity index (χ2v) is 8.54. The van der Waals surface area contributed by atoms with E-state index < -0.39 is 5.60 Å². The minimum absolute atomic E-state index is 0.189. The molecule has 0 unspecified atom stereocenters. The highest BCUT2D eigenvalue weighted by Gasteiger charge is 2.37. The van der Waals surface area contributed by atoms with E-state index >= 15 is 0 Å². The molecule has 0 radical (unpaired) electrons. The Bertz CT molecular complexity index is 1020. The van der Waals surface area contributed by atoms with Gasteiger partial charge in [-0.25, -0.2) is 0 Å². The summed E-state index contributed by atoms with van der Waals surface area (Å²) in [7, 11) is 1.69. The lowest BCUT2D eigenvalue weighted by Gasteiger charge is -2.37. The molecule has 4 rings (SSSR count). The van der Waals surface area contributed by atoms with Gasteiger partial charge in [0.05, 0.1) is 13.7 Å². The van der Waals surface area contributed by atoms with Gasteiger partial charge >= 0.3 is 0 Å². The molecule has 0 spiro atoms. The fourth-order valence-corrected chi connectivity index (χ4v) is 4.33. The van der Waals surface area contributed by atoms with E-state index in [2.05, 4.69) is 97.2 Å². The first kappa shape index (κ1) is 23.7. The molecule has 0 aliphatic heterocycles. The Morgan fingerprint density at radius 1 is 0.676 bits per heavy atom. The summed E-state index contributed by atoms with van der Waals surface area (Å²) in [6.45, 7) is 3.63. The molecule has 174 valence electrons. The molecule has 4 aromatic carbocycles. The molecule has 0 bridgehead atoms. The zero-order chi connectivity index (χ0) is 23.6. The predicted molar refractivity (Wildman–Crippen MR) is 139 cm³/mol. The minimum atomic E-state index is -0.685. The highest BCUT2D eigenvalue weighted by Crippen LogP contribution is 2.40. The molecule has 3 nitrogen and oxygen atoms in total. The first-order valence-electron chi connectivity index (χ1n) is 11.9. The maximum Gasteiger partial charge on any atom is 0.143 e. The number of ether oxygens (including phenoxy) is 2. The van der Waals surface area contributed by atoms with Gasteiger partial charge in [0.1, 0.15) is 11.4 Å². The van der Waals surface area contributed by atoms with Gasteiger partial charge in [0, 0.05) is 6.04 Å². The molecule has 0 fully saturated rings. The molecule has 0 saturated carbocycles.